The number of oxazole rings is 1. The summed E-state index contributed by atoms with van der Waals surface area (Å²) in [5, 5.41) is 7.12. The summed E-state index contributed by atoms with van der Waals surface area (Å²) in [5.41, 5.74) is 13.7. The van der Waals surface area contributed by atoms with Crippen molar-refractivity contribution in [3.05, 3.63) is 224 Å². The molecule has 286 valence electrons. The molecule has 2 aromatic heterocycles. The van der Waals surface area contributed by atoms with Gasteiger partial charge in [0.1, 0.15) is 5.52 Å². The molecule has 4 heteroatoms. The summed E-state index contributed by atoms with van der Waals surface area (Å²) in [7, 11) is 0. The molecule has 12 rings (SSSR count). The lowest BCUT2D eigenvalue weighted by molar-refractivity contribution is 0.621. The molecule has 61 heavy (non-hydrogen) atoms. The largest absolute Gasteiger partial charge is 0.435 e. The molecule has 0 aliphatic carbocycles. The van der Waals surface area contributed by atoms with Gasteiger partial charge in [-0.1, -0.05) is 146 Å². The number of nitrogens with zero attached hydrogens (tertiary/aromatic N) is 3. The minimum atomic E-state index is 0.617. The average molecular weight is 780 g/mol. The van der Waals surface area contributed by atoms with Gasteiger partial charge in [0, 0.05) is 50.0 Å². The van der Waals surface area contributed by atoms with Gasteiger partial charge in [-0.3, -0.25) is 0 Å². The summed E-state index contributed by atoms with van der Waals surface area (Å²) in [6.07, 6.45) is 0. The van der Waals surface area contributed by atoms with Crippen molar-refractivity contribution in [3.63, 3.8) is 0 Å². The Morgan fingerprint density at radius 3 is 1.74 bits per heavy atom. The molecule has 0 aliphatic heterocycles. The summed E-state index contributed by atoms with van der Waals surface area (Å²) in [6.45, 7) is 0. The Hall–Kier alpha value is -8.21. The van der Waals surface area contributed by atoms with E-state index in [1.807, 2.05) is 30.3 Å². The third-order valence-corrected chi connectivity index (χ3v) is 12.0. The maximum absolute atomic E-state index is 6.63. The Labute approximate surface area is 352 Å². The van der Waals surface area contributed by atoms with E-state index in [-0.39, 0.29) is 0 Å². The first-order valence-corrected chi connectivity index (χ1v) is 20.7. The summed E-state index contributed by atoms with van der Waals surface area (Å²) in [6, 6.07) is 80.0. The molecular formula is C57H37N3O. The minimum Gasteiger partial charge on any atom is -0.435 e. The lowest BCUT2D eigenvalue weighted by atomic mass is 9.99. The van der Waals surface area contributed by atoms with Gasteiger partial charge in [0.2, 0.25) is 5.89 Å². The Bertz CT molecular complexity index is 3570. The fraction of sp³-hybridized carbons (Fsp3) is 0. The van der Waals surface area contributed by atoms with Crippen LogP contribution in [0.5, 0.6) is 0 Å². The fourth-order valence-corrected chi connectivity index (χ4v) is 9.03. The van der Waals surface area contributed by atoms with Crippen LogP contribution in [0.1, 0.15) is 0 Å². The van der Waals surface area contributed by atoms with Crippen molar-refractivity contribution in [1.29, 1.82) is 0 Å². The second-order valence-electron chi connectivity index (χ2n) is 15.6. The first kappa shape index (κ1) is 34.8. The number of hydrogen-bond donors (Lipinski definition) is 0. The first-order chi connectivity index (χ1) is 30.2. The lowest BCUT2D eigenvalue weighted by Crippen LogP contribution is -2.10. The fourth-order valence-electron chi connectivity index (χ4n) is 9.03. The second-order valence-corrected chi connectivity index (χ2v) is 15.6. The summed E-state index contributed by atoms with van der Waals surface area (Å²) in [5.74, 6) is 0.617. The molecule has 0 bridgehead atoms. The first-order valence-electron chi connectivity index (χ1n) is 20.7. The van der Waals surface area contributed by atoms with Crippen molar-refractivity contribution in [2.45, 2.75) is 0 Å². The molecule has 0 saturated carbocycles. The molecule has 0 radical (unpaired) electrons. The van der Waals surface area contributed by atoms with Crippen molar-refractivity contribution in [1.82, 2.24) is 9.55 Å². The number of hydrogen-bond acceptors (Lipinski definition) is 3. The normalized spacial score (nSPS) is 11.6. The van der Waals surface area contributed by atoms with E-state index in [0.717, 1.165) is 66.8 Å². The standard InChI is InChI=1S/C57H37N3O/c1-3-14-41(15-4-1)57-58-55-49-20-10-9-17-44(49)36-52(56(55)61-57)40-27-31-47(32-28-40)59(46-29-25-39(26-30-46)43-24-23-38-13-7-8-16-42(38)35-43)48-33-34-51-50-21-11-12-22-53(50)60(54(51)37-48)45-18-5-2-6-19-45/h1-37H. The Morgan fingerprint density at radius 1 is 0.377 bits per heavy atom. The predicted octanol–water partition coefficient (Wildman–Crippen LogP) is 15.7. The third kappa shape index (κ3) is 5.96. The SMILES string of the molecule is c1ccc(-c2nc3c(o2)c(-c2ccc(N(c4ccc(-c5ccc6ccccc6c5)cc4)c4ccc5c6ccccc6n(-c6ccccc6)c5c4)cc2)cc2ccccc23)cc1. The molecule has 0 aliphatic rings. The third-order valence-electron chi connectivity index (χ3n) is 12.0. The highest BCUT2D eigenvalue weighted by Crippen LogP contribution is 2.42. The van der Waals surface area contributed by atoms with Crippen LogP contribution in [-0.4, -0.2) is 9.55 Å². The van der Waals surface area contributed by atoms with Crippen LogP contribution >= 0.6 is 0 Å². The number of rotatable bonds is 7. The molecule has 0 saturated heterocycles. The molecule has 0 N–H and O–H groups in total. The van der Waals surface area contributed by atoms with E-state index in [0.29, 0.717) is 5.89 Å². The lowest BCUT2D eigenvalue weighted by Gasteiger charge is -2.26. The van der Waals surface area contributed by atoms with E-state index in [4.69, 9.17) is 9.40 Å². The molecule has 0 spiro atoms. The smallest absolute Gasteiger partial charge is 0.227 e. The Morgan fingerprint density at radius 2 is 0.967 bits per heavy atom. The molecule has 10 aromatic carbocycles. The highest BCUT2D eigenvalue weighted by Gasteiger charge is 2.20. The Balaban J connectivity index is 1.01. The number of aromatic nitrogens is 2. The molecule has 2 heterocycles. The number of para-hydroxylation sites is 2. The van der Waals surface area contributed by atoms with Crippen molar-refractivity contribution in [2.24, 2.45) is 0 Å². The number of fused-ring (bicyclic) bond motifs is 7. The highest BCUT2D eigenvalue weighted by molar-refractivity contribution is 6.11. The second kappa shape index (κ2) is 14.3. The summed E-state index contributed by atoms with van der Waals surface area (Å²) < 4.78 is 9.00. The van der Waals surface area contributed by atoms with Crippen LogP contribution < -0.4 is 4.90 Å². The molecule has 0 fully saturated rings. The van der Waals surface area contributed by atoms with Gasteiger partial charge in [-0.05, 0) is 112 Å². The maximum atomic E-state index is 6.63. The zero-order valence-corrected chi connectivity index (χ0v) is 33.1. The van der Waals surface area contributed by atoms with Crippen LogP contribution in [0.3, 0.4) is 0 Å². The van der Waals surface area contributed by atoms with Crippen LogP contribution in [0, 0.1) is 0 Å². The van der Waals surface area contributed by atoms with Crippen molar-refractivity contribution in [3.8, 4) is 39.4 Å². The van der Waals surface area contributed by atoms with Gasteiger partial charge in [0.05, 0.1) is 11.0 Å². The zero-order chi connectivity index (χ0) is 40.3. The average Bonchev–Trinajstić information content (AvgIpc) is 3.93. The molecular weight excluding hydrogens is 743 g/mol. The molecule has 0 unspecified atom stereocenters. The van der Waals surface area contributed by atoms with Gasteiger partial charge in [0.25, 0.3) is 0 Å². The maximum Gasteiger partial charge on any atom is 0.227 e. The van der Waals surface area contributed by atoms with Crippen LogP contribution in [-0.2, 0) is 0 Å². The summed E-state index contributed by atoms with van der Waals surface area (Å²) in [4.78, 5) is 7.42. The van der Waals surface area contributed by atoms with Crippen molar-refractivity contribution in [2.75, 3.05) is 4.90 Å². The molecule has 0 amide bonds. The number of anilines is 3. The van der Waals surface area contributed by atoms with E-state index in [2.05, 4.69) is 204 Å². The van der Waals surface area contributed by atoms with Crippen LogP contribution in [0.4, 0.5) is 17.1 Å². The van der Waals surface area contributed by atoms with Crippen LogP contribution in [0.15, 0.2) is 229 Å². The van der Waals surface area contributed by atoms with E-state index in [1.165, 1.54) is 38.2 Å². The van der Waals surface area contributed by atoms with Crippen molar-refractivity contribution < 1.29 is 4.42 Å². The summed E-state index contributed by atoms with van der Waals surface area (Å²) >= 11 is 0. The Kier molecular flexibility index (Phi) is 8.13. The van der Waals surface area contributed by atoms with Gasteiger partial charge < -0.3 is 13.9 Å². The van der Waals surface area contributed by atoms with Crippen molar-refractivity contribution >= 4 is 71.5 Å². The monoisotopic (exact) mass is 779 g/mol. The number of benzene rings is 10. The van der Waals surface area contributed by atoms with E-state index in [1.54, 1.807) is 0 Å². The van der Waals surface area contributed by atoms with E-state index < -0.39 is 0 Å². The topological polar surface area (TPSA) is 34.2 Å². The highest BCUT2D eigenvalue weighted by atomic mass is 16.3. The van der Waals surface area contributed by atoms with Crippen LogP contribution in [0.2, 0.25) is 0 Å². The molecule has 4 nitrogen and oxygen atoms in total. The zero-order valence-electron chi connectivity index (χ0n) is 33.1. The van der Waals surface area contributed by atoms with Gasteiger partial charge >= 0.3 is 0 Å². The predicted molar refractivity (Wildman–Crippen MR) is 254 cm³/mol. The van der Waals surface area contributed by atoms with Gasteiger partial charge in [-0.15, -0.1) is 0 Å². The van der Waals surface area contributed by atoms with Gasteiger partial charge in [-0.2, -0.15) is 0 Å². The quantitative estimate of drug-likeness (QED) is 0.162. The molecule has 12 aromatic rings. The van der Waals surface area contributed by atoms with Crippen LogP contribution in [0.25, 0.3) is 93.8 Å². The molecule has 0 atom stereocenters. The van der Waals surface area contributed by atoms with Gasteiger partial charge in [-0.25, -0.2) is 4.98 Å². The van der Waals surface area contributed by atoms with E-state index >= 15 is 0 Å². The minimum absolute atomic E-state index is 0.617. The van der Waals surface area contributed by atoms with E-state index in [9.17, 15) is 0 Å². The van der Waals surface area contributed by atoms with Gasteiger partial charge in [0.15, 0.2) is 5.58 Å².